The molecule has 0 aliphatic heterocycles. The molecule has 0 heterocycles. The van der Waals surface area contributed by atoms with E-state index in [1.807, 2.05) is 6.92 Å². The van der Waals surface area contributed by atoms with Gasteiger partial charge in [-0.05, 0) is 43.4 Å². The third kappa shape index (κ3) is 4.42. The van der Waals surface area contributed by atoms with Crippen LogP contribution in [0.4, 0.5) is 0 Å². The van der Waals surface area contributed by atoms with Crippen LogP contribution in [-0.2, 0) is 11.4 Å². The molecule has 20 heavy (non-hydrogen) atoms. The van der Waals surface area contributed by atoms with Crippen molar-refractivity contribution in [2.24, 2.45) is 5.92 Å². The van der Waals surface area contributed by atoms with Gasteiger partial charge in [0.05, 0.1) is 13.2 Å². The highest BCUT2D eigenvalue weighted by molar-refractivity contribution is 5.77. The highest BCUT2D eigenvalue weighted by atomic mass is 16.5. The summed E-state index contributed by atoms with van der Waals surface area (Å²) < 4.78 is 10.9. The van der Waals surface area contributed by atoms with Gasteiger partial charge in [0.15, 0.2) is 18.1 Å². The van der Waals surface area contributed by atoms with Crippen molar-refractivity contribution in [3.8, 4) is 11.5 Å². The number of rotatable bonds is 8. The molecule has 5 nitrogen and oxygen atoms in total. The number of carbonyl (C=O) groups excluding carboxylic acids is 1. The van der Waals surface area contributed by atoms with Crippen molar-refractivity contribution < 1.29 is 19.4 Å². The largest absolute Gasteiger partial charge is 0.490 e. The Kier molecular flexibility index (Phi) is 5.24. The van der Waals surface area contributed by atoms with Crippen molar-refractivity contribution in [1.29, 1.82) is 0 Å². The van der Waals surface area contributed by atoms with Crippen LogP contribution in [0.1, 0.15) is 25.3 Å². The Hall–Kier alpha value is -1.75. The predicted octanol–water partition coefficient (Wildman–Crippen LogP) is 1.48. The SMILES string of the molecule is CCOc1cc(CO)ccc1OCC(=O)NCC1CC1. The fourth-order valence-electron chi connectivity index (χ4n) is 1.81. The lowest BCUT2D eigenvalue weighted by Gasteiger charge is -2.13. The van der Waals surface area contributed by atoms with Gasteiger partial charge in [-0.1, -0.05) is 6.07 Å². The van der Waals surface area contributed by atoms with E-state index in [1.54, 1.807) is 18.2 Å². The first-order chi connectivity index (χ1) is 9.72. The summed E-state index contributed by atoms with van der Waals surface area (Å²) in [6.45, 7) is 3.04. The van der Waals surface area contributed by atoms with Crippen molar-refractivity contribution >= 4 is 5.91 Å². The lowest BCUT2D eigenvalue weighted by molar-refractivity contribution is -0.123. The van der Waals surface area contributed by atoms with Gasteiger partial charge in [-0.2, -0.15) is 0 Å². The van der Waals surface area contributed by atoms with E-state index in [1.165, 1.54) is 12.8 Å². The third-order valence-electron chi connectivity index (χ3n) is 3.13. The van der Waals surface area contributed by atoms with E-state index in [4.69, 9.17) is 14.6 Å². The Bertz CT molecular complexity index is 457. The number of aliphatic hydroxyl groups is 1. The fourth-order valence-corrected chi connectivity index (χ4v) is 1.81. The number of ether oxygens (including phenoxy) is 2. The average molecular weight is 279 g/mol. The van der Waals surface area contributed by atoms with Crippen LogP contribution in [-0.4, -0.2) is 30.8 Å². The molecule has 2 rings (SSSR count). The molecule has 0 bridgehead atoms. The minimum atomic E-state index is -0.120. The maximum atomic E-state index is 11.6. The van der Waals surface area contributed by atoms with Gasteiger partial charge in [0, 0.05) is 6.54 Å². The summed E-state index contributed by atoms with van der Waals surface area (Å²) in [7, 11) is 0. The van der Waals surface area contributed by atoms with E-state index >= 15 is 0 Å². The molecule has 1 aliphatic rings. The van der Waals surface area contributed by atoms with Gasteiger partial charge in [-0.3, -0.25) is 4.79 Å². The second kappa shape index (κ2) is 7.14. The molecule has 1 aromatic carbocycles. The maximum Gasteiger partial charge on any atom is 0.257 e. The quantitative estimate of drug-likeness (QED) is 0.756. The van der Waals surface area contributed by atoms with Gasteiger partial charge >= 0.3 is 0 Å². The predicted molar refractivity (Wildman–Crippen MR) is 74.8 cm³/mol. The monoisotopic (exact) mass is 279 g/mol. The summed E-state index contributed by atoms with van der Waals surface area (Å²) in [5, 5.41) is 12.0. The standard InChI is InChI=1S/C15H21NO4/c1-2-19-14-7-12(9-17)5-6-13(14)20-10-15(18)16-8-11-3-4-11/h5-7,11,17H,2-4,8-10H2,1H3,(H,16,18). The molecule has 5 heteroatoms. The topological polar surface area (TPSA) is 67.8 Å². The summed E-state index contributed by atoms with van der Waals surface area (Å²) in [4.78, 5) is 11.6. The molecular formula is C15H21NO4. The summed E-state index contributed by atoms with van der Waals surface area (Å²) in [6.07, 6.45) is 2.41. The van der Waals surface area contributed by atoms with Gasteiger partial charge in [0.2, 0.25) is 0 Å². The second-order valence-corrected chi connectivity index (χ2v) is 4.91. The Morgan fingerprint density at radius 2 is 2.15 bits per heavy atom. The molecule has 110 valence electrons. The van der Waals surface area contributed by atoms with E-state index in [0.29, 0.717) is 24.0 Å². The first kappa shape index (κ1) is 14.7. The smallest absolute Gasteiger partial charge is 0.257 e. The number of amides is 1. The van der Waals surface area contributed by atoms with Crippen LogP contribution in [0, 0.1) is 5.92 Å². The minimum absolute atomic E-state index is 0.0226. The Labute approximate surface area is 118 Å². The molecule has 0 unspecified atom stereocenters. The third-order valence-corrected chi connectivity index (χ3v) is 3.13. The van der Waals surface area contributed by atoms with Crippen LogP contribution < -0.4 is 14.8 Å². The van der Waals surface area contributed by atoms with Crippen LogP contribution in [0.15, 0.2) is 18.2 Å². The van der Waals surface area contributed by atoms with Crippen LogP contribution in [0.5, 0.6) is 11.5 Å². The second-order valence-electron chi connectivity index (χ2n) is 4.91. The molecule has 0 saturated heterocycles. The maximum absolute atomic E-state index is 11.6. The first-order valence-electron chi connectivity index (χ1n) is 6.99. The van der Waals surface area contributed by atoms with E-state index in [0.717, 1.165) is 12.1 Å². The Balaban J connectivity index is 1.87. The number of hydrogen-bond donors (Lipinski definition) is 2. The number of nitrogens with one attached hydrogen (secondary N) is 1. The normalized spacial score (nSPS) is 13.9. The average Bonchev–Trinajstić information content (AvgIpc) is 3.28. The van der Waals surface area contributed by atoms with Gasteiger partial charge in [-0.15, -0.1) is 0 Å². The van der Waals surface area contributed by atoms with Crippen molar-refractivity contribution in [2.45, 2.75) is 26.4 Å². The molecule has 1 aliphatic carbocycles. The van der Waals surface area contributed by atoms with E-state index in [2.05, 4.69) is 5.32 Å². The molecule has 0 atom stereocenters. The zero-order valence-electron chi connectivity index (χ0n) is 11.7. The molecule has 1 saturated carbocycles. The van der Waals surface area contributed by atoms with E-state index < -0.39 is 0 Å². The summed E-state index contributed by atoms with van der Waals surface area (Å²) >= 11 is 0. The summed E-state index contributed by atoms with van der Waals surface area (Å²) in [5.41, 5.74) is 0.749. The highest BCUT2D eigenvalue weighted by Gasteiger charge is 2.21. The number of hydrogen-bond acceptors (Lipinski definition) is 4. The van der Waals surface area contributed by atoms with E-state index in [9.17, 15) is 4.79 Å². The number of carbonyl (C=O) groups is 1. The van der Waals surface area contributed by atoms with Crippen molar-refractivity contribution in [2.75, 3.05) is 19.8 Å². The van der Waals surface area contributed by atoms with Crippen molar-refractivity contribution in [3.63, 3.8) is 0 Å². The van der Waals surface area contributed by atoms with Gasteiger partial charge in [0.25, 0.3) is 5.91 Å². The first-order valence-corrected chi connectivity index (χ1v) is 6.99. The van der Waals surface area contributed by atoms with Crippen LogP contribution in [0.25, 0.3) is 0 Å². The van der Waals surface area contributed by atoms with Crippen molar-refractivity contribution in [1.82, 2.24) is 5.32 Å². The zero-order chi connectivity index (χ0) is 14.4. The number of aliphatic hydroxyl groups excluding tert-OH is 1. The Morgan fingerprint density at radius 1 is 1.35 bits per heavy atom. The zero-order valence-corrected chi connectivity index (χ0v) is 11.7. The lowest BCUT2D eigenvalue weighted by Crippen LogP contribution is -2.30. The molecule has 0 aromatic heterocycles. The molecule has 1 amide bonds. The highest BCUT2D eigenvalue weighted by Crippen LogP contribution is 2.29. The Morgan fingerprint density at radius 3 is 2.80 bits per heavy atom. The molecule has 1 aromatic rings. The van der Waals surface area contributed by atoms with Gasteiger partial charge in [0.1, 0.15) is 0 Å². The molecule has 1 fully saturated rings. The lowest BCUT2D eigenvalue weighted by atomic mass is 10.2. The molecule has 2 N–H and O–H groups in total. The molecule has 0 radical (unpaired) electrons. The van der Waals surface area contributed by atoms with Gasteiger partial charge in [-0.25, -0.2) is 0 Å². The fraction of sp³-hybridized carbons (Fsp3) is 0.533. The van der Waals surface area contributed by atoms with Crippen molar-refractivity contribution in [3.05, 3.63) is 23.8 Å². The number of benzene rings is 1. The van der Waals surface area contributed by atoms with E-state index in [-0.39, 0.29) is 19.1 Å². The molecular weight excluding hydrogens is 258 g/mol. The summed E-state index contributed by atoms with van der Waals surface area (Å²) in [6, 6.07) is 5.19. The molecule has 0 spiro atoms. The van der Waals surface area contributed by atoms with Gasteiger partial charge < -0.3 is 19.9 Å². The minimum Gasteiger partial charge on any atom is -0.490 e. The van der Waals surface area contributed by atoms with Crippen LogP contribution >= 0.6 is 0 Å². The van der Waals surface area contributed by atoms with Crippen LogP contribution in [0.2, 0.25) is 0 Å². The van der Waals surface area contributed by atoms with Crippen LogP contribution in [0.3, 0.4) is 0 Å². The summed E-state index contributed by atoms with van der Waals surface area (Å²) in [5.74, 6) is 1.60.